The Labute approximate surface area is 117 Å². The van der Waals surface area contributed by atoms with Crippen LogP contribution >= 0.6 is 23.2 Å². The third-order valence-electron chi connectivity index (χ3n) is 3.39. The second kappa shape index (κ2) is 5.47. The number of nitrogens with two attached hydrogens (primary N) is 1. The summed E-state index contributed by atoms with van der Waals surface area (Å²) in [5.74, 6) is 0.489. The van der Waals surface area contributed by atoms with Crippen LogP contribution in [-0.4, -0.2) is 30.4 Å². The summed E-state index contributed by atoms with van der Waals surface area (Å²) in [5.41, 5.74) is 6.29. The summed E-state index contributed by atoms with van der Waals surface area (Å²) in [5, 5.41) is 0.847. The van der Waals surface area contributed by atoms with Crippen LogP contribution in [0.25, 0.3) is 0 Å². The van der Waals surface area contributed by atoms with Gasteiger partial charge in [0.25, 0.3) is 5.91 Å². The lowest BCUT2D eigenvalue weighted by Gasteiger charge is -2.27. The molecule has 0 radical (unpaired) electrons. The minimum absolute atomic E-state index is 0.0593. The molecule has 1 aliphatic rings. The van der Waals surface area contributed by atoms with Crippen LogP contribution in [0.4, 0.5) is 0 Å². The van der Waals surface area contributed by atoms with Crippen LogP contribution in [0.15, 0.2) is 18.2 Å². The Morgan fingerprint density at radius 3 is 2.61 bits per heavy atom. The zero-order chi connectivity index (χ0) is 13.3. The Kier molecular flexibility index (Phi) is 4.15. The first-order chi connectivity index (χ1) is 8.54. The van der Waals surface area contributed by atoms with Crippen molar-refractivity contribution >= 4 is 29.1 Å². The molecule has 1 aliphatic carbocycles. The van der Waals surface area contributed by atoms with Gasteiger partial charge in [-0.15, -0.1) is 0 Å². The highest BCUT2D eigenvalue weighted by Crippen LogP contribution is 2.35. The number of carbonyl (C=O) groups excluding carboxylic acids is 1. The monoisotopic (exact) mass is 286 g/mol. The number of carbonyl (C=O) groups is 1. The summed E-state index contributed by atoms with van der Waals surface area (Å²) in [6.45, 7) is 0.494. The molecule has 5 heteroatoms. The number of likely N-dealkylation sites (N-methyl/N-ethyl adjacent to an activating group) is 1. The molecule has 1 fully saturated rings. The molecular formula is C13H16Cl2N2O. The number of hydrogen-bond donors (Lipinski definition) is 1. The van der Waals surface area contributed by atoms with Gasteiger partial charge in [-0.2, -0.15) is 0 Å². The van der Waals surface area contributed by atoms with Gasteiger partial charge in [0, 0.05) is 25.2 Å². The van der Waals surface area contributed by atoms with Crippen LogP contribution in [0.1, 0.15) is 23.2 Å². The molecule has 98 valence electrons. The highest BCUT2D eigenvalue weighted by atomic mass is 35.5. The highest BCUT2D eigenvalue weighted by molar-refractivity contribution is 6.42. The van der Waals surface area contributed by atoms with Crippen molar-refractivity contribution in [2.75, 3.05) is 13.6 Å². The molecule has 1 atom stereocenters. The van der Waals surface area contributed by atoms with Crippen LogP contribution in [0.3, 0.4) is 0 Å². The summed E-state index contributed by atoms with van der Waals surface area (Å²) in [6, 6.07) is 5.04. The summed E-state index contributed by atoms with van der Waals surface area (Å²) < 4.78 is 0. The quantitative estimate of drug-likeness (QED) is 0.925. The molecule has 3 nitrogen and oxygen atoms in total. The fraction of sp³-hybridized carbons (Fsp3) is 0.462. The summed E-state index contributed by atoms with van der Waals surface area (Å²) in [4.78, 5) is 14.0. The van der Waals surface area contributed by atoms with Gasteiger partial charge in [-0.3, -0.25) is 4.79 Å². The van der Waals surface area contributed by atoms with Gasteiger partial charge in [-0.1, -0.05) is 23.2 Å². The van der Waals surface area contributed by atoms with E-state index in [1.54, 1.807) is 30.1 Å². The van der Waals surface area contributed by atoms with E-state index >= 15 is 0 Å². The molecule has 2 rings (SSSR count). The van der Waals surface area contributed by atoms with E-state index in [1.807, 2.05) is 0 Å². The Balaban J connectivity index is 2.16. The molecule has 0 heterocycles. The maximum Gasteiger partial charge on any atom is 0.253 e. The maximum atomic E-state index is 12.3. The van der Waals surface area contributed by atoms with Crippen LogP contribution in [0.2, 0.25) is 10.0 Å². The minimum Gasteiger partial charge on any atom is -0.337 e. The summed E-state index contributed by atoms with van der Waals surface area (Å²) in [7, 11) is 1.79. The average molecular weight is 287 g/mol. The molecule has 1 amide bonds. The average Bonchev–Trinajstić information content (AvgIpc) is 3.17. The van der Waals surface area contributed by atoms with Crippen LogP contribution in [0.5, 0.6) is 0 Å². The van der Waals surface area contributed by atoms with Crippen molar-refractivity contribution in [3.63, 3.8) is 0 Å². The smallest absolute Gasteiger partial charge is 0.253 e. The first-order valence-corrected chi connectivity index (χ1v) is 6.72. The predicted octanol–water partition coefficient (Wildman–Crippen LogP) is 2.80. The van der Waals surface area contributed by atoms with Crippen LogP contribution in [0, 0.1) is 5.92 Å². The topological polar surface area (TPSA) is 46.3 Å². The molecule has 1 saturated carbocycles. The molecule has 2 N–H and O–H groups in total. The van der Waals surface area contributed by atoms with Crippen molar-refractivity contribution in [3.8, 4) is 0 Å². The van der Waals surface area contributed by atoms with Gasteiger partial charge in [0.1, 0.15) is 0 Å². The molecule has 0 saturated heterocycles. The molecule has 1 aromatic rings. The highest BCUT2D eigenvalue weighted by Gasteiger charge is 2.35. The van der Waals surface area contributed by atoms with Crippen LogP contribution < -0.4 is 5.73 Å². The zero-order valence-corrected chi connectivity index (χ0v) is 11.7. The standard InChI is InChI=1S/C13H16Cl2N2O/c1-17(12(7-16)8-2-3-8)13(18)9-4-5-10(14)11(15)6-9/h4-6,8,12H,2-3,7,16H2,1H3. The summed E-state index contributed by atoms with van der Waals surface area (Å²) in [6.07, 6.45) is 2.31. The second-order valence-corrected chi connectivity index (χ2v) is 5.50. The lowest BCUT2D eigenvalue weighted by Crippen LogP contribution is -2.43. The van der Waals surface area contributed by atoms with Crippen molar-refractivity contribution in [2.45, 2.75) is 18.9 Å². The van der Waals surface area contributed by atoms with Crippen molar-refractivity contribution in [1.82, 2.24) is 4.90 Å². The SMILES string of the molecule is CN(C(=O)c1ccc(Cl)c(Cl)c1)C(CN)C1CC1. The predicted molar refractivity (Wildman–Crippen MR) is 74.1 cm³/mol. The minimum atomic E-state index is -0.0593. The van der Waals surface area contributed by atoms with Gasteiger partial charge in [-0.05, 0) is 37.0 Å². The molecule has 1 aromatic carbocycles. The number of rotatable bonds is 4. The van der Waals surface area contributed by atoms with E-state index in [0.29, 0.717) is 28.1 Å². The zero-order valence-electron chi connectivity index (χ0n) is 10.2. The Hall–Kier alpha value is -0.770. The Bertz CT molecular complexity index is 460. The number of benzene rings is 1. The largest absolute Gasteiger partial charge is 0.337 e. The third-order valence-corrected chi connectivity index (χ3v) is 4.13. The normalized spacial score (nSPS) is 16.4. The van der Waals surface area contributed by atoms with Gasteiger partial charge < -0.3 is 10.6 Å². The van der Waals surface area contributed by atoms with E-state index < -0.39 is 0 Å². The molecule has 0 aromatic heterocycles. The van der Waals surface area contributed by atoms with Crippen molar-refractivity contribution in [3.05, 3.63) is 33.8 Å². The van der Waals surface area contributed by atoms with E-state index in [2.05, 4.69) is 0 Å². The molecule has 18 heavy (non-hydrogen) atoms. The lowest BCUT2D eigenvalue weighted by atomic mass is 10.1. The van der Waals surface area contributed by atoms with Gasteiger partial charge >= 0.3 is 0 Å². The van der Waals surface area contributed by atoms with E-state index in [1.165, 1.54) is 0 Å². The van der Waals surface area contributed by atoms with Gasteiger partial charge in [0.05, 0.1) is 10.0 Å². The fourth-order valence-corrected chi connectivity index (χ4v) is 2.43. The van der Waals surface area contributed by atoms with E-state index in [-0.39, 0.29) is 11.9 Å². The fourth-order valence-electron chi connectivity index (χ4n) is 2.13. The first kappa shape index (κ1) is 13.7. The van der Waals surface area contributed by atoms with Gasteiger partial charge in [0.2, 0.25) is 0 Å². The number of amides is 1. The third kappa shape index (κ3) is 2.79. The summed E-state index contributed by atoms with van der Waals surface area (Å²) >= 11 is 11.8. The number of halogens is 2. The maximum absolute atomic E-state index is 12.3. The van der Waals surface area contributed by atoms with Crippen molar-refractivity contribution in [1.29, 1.82) is 0 Å². The van der Waals surface area contributed by atoms with E-state index in [9.17, 15) is 4.79 Å². The van der Waals surface area contributed by atoms with Crippen molar-refractivity contribution in [2.24, 2.45) is 11.7 Å². The first-order valence-electron chi connectivity index (χ1n) is 5.97. The molecule has 0 bridgehead atoms. The molecule has 0 spiro atoms. The van der Waals surface area contributed by atoms with Gasteiger partial charge in [-0.25, -0.2) is 0 Å². The van der Waals surface area contributed by atoms with E-state index in [4.69, 9.17) is 28.9 Å². The number of nitrogens with zero attached hydrogens (tertiary/aromatic N) is 1. The second-order valence-electron chi connectivity index (χ2n) is 4.69. The van der Waals surface area contributed by atoms with Crippen molar-refractivity contribution < 1.29 is 4.79 Å². The van der Waals surface area contributed by atoms with Crippen LogP contribution in [-0.2, 0) is 0 Å². The number of hydrogen-bond acceptors (Lipinski definition) is 2. The van der Waals surface area contributed by atoms with Gasteiger partial charge in [0.15, 0.2) is 0 Å². The Morgan fingerprint density at radius 1 is 1.44 bits per heavy atom. The Morgan fingerprint density at radius 2 is 2.11 bits per heavy atom. The molecular weight excluding hydrogens is 271 g/mol. The van der Waals surface area contributed by atoms with E-state index in [0.717, 1.165) is 12.8 Å². The molecule has 0 aliphatic heterocycles. The molecule has 1 unspecified atom stereocenters. The lowest BCUT2D eigenvalue weighted by molar-refractivity contribution is 0.0718.